The maximum atomic E-state index is 10.4. The zero-order valence-corrected chi connectivity index (χ0v) is 11.0. The van der Waals surface area contributed by atoms with E-state index in [0.29, 0.717) is 0 Å². The molecule has 18 heavy (non-hydrogen) atoms. The van der Waals surface area contributed by atoms with Crippen molar-refractivity contribution in [1.29, 1.82) is 0 Å². The van der Waals surface area contributed by atoms with Gasteiger partial charge in [-0.1, -0.05) is 0 Å². The number of hydrogen-bond donors (Lipinski definition) is 2. The molecule has 0 aromatic rings. The number of likely N-dealkylation sites (tertiary alicyclic amines) is 2. The van der Waals surface area contributed by atoms with E-state index in [2.05, 4.69) is 0 Å². The fourth-order valence-electron chi connectivity index (χ4n) is 2.44. The van der Waals surface area contributed by atoms with Gasteiger partial charge in [-0.25, -0.2) is 0 Å². The Morgan fingerprint density at radius 1 is 0.889 bits per heavy atom. The van der Waals surface area contributed by atoms with Crippen LogP contribution in [0.5, 0.6) is 0 Å². The first-order chi connectivity index (χ1) is 8.43. The summed E-state index contributed by atoms with van der Waals surface area (Å²) in [4.78, 5) is 24.5. The predicted molar refractivity (Wildman–Crippen MR) is 66.6 cm³/mol. The first-order valence-corrected chi connectivity index (χ1v) is 6.29. The van der Waals surface area contributed by atoms with Gasteiger partial charge in [0.25, 0.3) is 0 Å². The molecule has 0 radical (unpaired) electrons. The minimum atomic E-state index is -0.685. The van der Waals surface area contributed by atoms with Crippen molar-refractivity contribution < 1.29 is 19.8 Å². The van der Waals surface area contributed by atoms with Crippen LogP contribution >= 0.6 is 0 Å². The van der Waals surface area contributed by atoms with Crippen molar-refractivity contribution >= 4 is 11.9 Å². The van der Waals surface area contributed by atoms with Crippen molar-refractivity contribution in [3.63, 3.8) is 0 Å². The van der Waals surface area contributed by atoms with Crippen LogP contribution in [0.3, 0.4) is 0 Å². The third-order valence-corrected chi connectivity index (χ3v) is 3.61. The number of carboxylic acid groups (broad SMARTS) is 2. The molecule has 2 saturated heterocycles. The van der Waals surface area contributed by atoms with Crippen molar-refractivity contribution in [2.45, 2.75) is 37.8 Å². The lowest BCUT2D eigenvalue weighted by molar-refractivity contribution is -0.142. The van der Waals surface area contributed by atoms with Crippen LogP contribution in [0.25, 0.3) is 0 Å². The summed E-state index contributed by atoms with van der Waals surface area (Å²) in [7, 11) is 3.71. The summed E-state index contributed by atoms with van der Waals surface area (Å²) in [6, 6.07) is -0.435. The molecule has 0 bridgehead atoms. The van der Waals surface area contributed by atoms with Crippen molar-refractivity contribution in [2.24, 2.45) is 0 Å². The Hall–Kier alpha value is -1.14. The largest absolute Gasteiger partial charge is 0.480 e. The van der Waals surface area contributed by atoms with Crippen LogP contribution in [-0.4, -0.2) is 71.2 Å². The molecule has 2 atom stereocenters. The second kappa shape index (κ2) is 6.70. The molecule has 0 aromatic heterocycles. The molecule has 2 aliphatic heterocycles. The molecule has 2 N–H and O–H groups in total. The monoisotopic (exact) mass is 258 g/mol. The number of nitrogens with zero attached hydrogens (tertiary/aromatic N) is 2. The van der Waals surface area contributed by atoms with Gasteiger partial charge in [0, 0.05) is 0 Å². The van der Waals surface area contributed by atoms with Gasteiger partial charge in [0.15, 0.2) is 0 Å². The fourth-order valence-corrected chi connectivity index (χ4v) is 2.44. The van der Waals surface area contributed by atoms with E-state index in [9.17, 15) is 9.59 Å². The van der Waals surface area contributed by atoms with E-state index in [0.717, 1.165) is 38.8 Å². The molecule has 0 aliphatic carbocycles. The van der Waals surface area contributed by atoms with Crippen LogP contribution in [0, 0.1) is 0 Å². The summed E-state index contributed by atoms with van der Waals surface area (Å²) < 4.78 is 0. The molecule has 1 unspecified atom stereocenters. The SMILES string of the molecule is CN1CCCC1C(=O)O.CN1CCC[C@H]1C(=O)O. The third kappa shape index (κ3) is 3.96. The second-order valence-electron chi connectivity index (χ2n) is 4.95. The van der Waals surface area contributed by atoms with Crippen LogP contribution in [0.2, 0.25) is 0 Å². The maximum Gasteiger partial charge on any atom is 0.320 e. The van der Waals surface area contributed by atoms with Crippen molar-refractivity contribution in [3.05, 3.63) is 0 Å². The van der Waals surface area contributed by atoms with E-state index in [4.69, 9.17) is 10.2 Å². The van der Waals surface area contributed by atoms with Gasteiger partial charge in [0.2, 0.25) is 0 Å². The summed E-state index contributed by atoms with van der Waals surface area (Å²) in [6.07, 6.45) is 3.67. The highest BCUT2D eigenvalue weighted by Crippen LogP contribution is 2.14. The topological polar surface area (TPSA) is 81.1 Å². The normalized spacial score (nSPS) is 28.8. The highest BCUT2D eigenvalue weighted by molar-refractivity contribution is 5.74. The molecule has 2 fully saturated rings. The van der Waals surface area contributed by atoms with Crippen molar-refractivity contribution in [2.75, 3.05) is 27.2 Å². The van der Waals surface area contributed by atoms with Gasteiger partial charge in [-0.15, -0.1) is 0 Å². The number of rotatable bonds is 2. The summed E-state index contributed by atoms with van der Waals surface area (Å²) in [5.74, 6) is -1.37. The summed E-state index contributed by atoms with van der Waals surface area (Å²) >= 11 is 0. The third-order valence-electron chi connectivity index (χ3n) is 3.61. The molecule has 2 rings (SSSR count). The van der Waals surface area contributed by atoms with Crippen molar-refractivity contribution in [1.82, 2.24) is 9.80 Å². The van der Waals surface area contributed by atoms with Crippen LogP contribution < -0.4 is 0 Å². The molecule has 0 spiro atoms. The minimum Gasteiger partial charge on any atom is -0.480 e. The van der Waals surface area contributed by atoms with Gasteiger partial charge in [-0.05, 0) is 52.9 Å². The smallest absolute Gasteiger partial charge is 0.320 e. The van der Waals surface area contributed by atoms with E-state index in [1.807, 2.05) is 23.9 Å². The zero-order valence-electron chi connectivity index (χ0n) is 11.0. The summed E-state index contributed by atoms with van der Waals surface area (Å²) in [5, 5.41) is 17.1. The fraction of sp³-hybridized carbons (Fsp3) is 0.833. The van der Waals surface area contributed by atoms with Gasteiger partial charge in [-0.3, -0.25) is 19.4 Å². The maximum absolute atomic E-state index is 10.4. The lowest BCUT2D eigenvalue weighted by Crippen LogP contribution is -2.32. The molecule has 6 heteroatoms. The Morgan fingerprint density at radius 3 is 1.33 bits per heavy atom. The van der Waals surface area contributed by atoms with Crippen LogP contribution in [-0.2, 0) is 9.59 Å². The van der Waals surface area contributed by atoms with E-state index < -0.39 is 11.9 Å². The molecular formula is C12H22N2O4. The Morgan fingerprint density at radius 2 is 1.22 bits per heavy atom. The quantitative estimate of drug-likeness (QED) is 0.743. The highest BCUT2D eigenvalue weighted by Gasteiger charge is 2.27. The Balaban J connectivity index is 0.000000180. The van der Waals surface area contributed by atoms with E-state index in [1.165, 1.54) is 0 Å². The molecule has 0 aromatic carbocycles. The Kier molecular flexibility index (Phi) is 5.55. The summed E-state index contributed by atoms with van der Waals surface area (Å²) in [6.45, 7) is 1.86. The zero-order chi connectivity index (χ0) is 13.7. The second-order valence-corrected chi connectivity index (χ2v) is 4.95. The molecular weight excluding hydrogens is 236 g/mol. The average molecular weight is 258 g/mol. The van der Waals surface area contributed by atoms with Gasteiger partial charge in [-0.2, -0.15) is 0 Å². The predicted octanol–water partition coefficient (Wildman–Crippen LogP) is 0.330. The van der Waals surface area contributed by atoms with Gasteiger partial charge < -0.3 is 10.2 Å². The van der Waals surface area contributed by atoms with Crippen LogP contribution in [0.4, 0.5) is 0 Å². The van der Waals surface area contributed by atoms with Crippen molar-refractivity contribution in [3.8, 4) is 0 Å². The lowest BCUT2D eigenvalue weighted by atomic mass is 10.2. The van der Waals surface area contributed by atoms with Gasteiger partial charge in [0.05, 0.1) is 0 Å². The molecule has 104 valence electrons. The van der Waals surface area contributed by atoms with E-state index in [1.54, 1.807) is 0 Å². The van der Waals surface area contributed by atoms with Gasteiger partial charge in [0.1, 0.15) is 12.1 Å². The number of carbonyl (C=O) groups is 2. The molecule has 2 aliphatic rings. The molecule has 6 nitrogen and oxygen atoms in total. The number of carboxylic acids is 2. The molecule has 2 heterocycles. The van der Waals surface area contributed by atoms with E-state index >= 15 is 0 Å². The first kappa shape index (κ1) is 14.9. The number of aliphatic carboxylic acids is 2. The Bertz CT molecular complexity index is 278. The standard InChI is InChI=1S/2C6H11NO2/c2*1-7-4-2-3-5(7)6(8)9/h2*5H,2-4H2,1H3,(H,8,9)/t5-;/m0./s1. The first-order valence-electron chi connectivity index (χ1n) is 6.29. The highest BCUT2D eigenvalue weighted by atomic mass is 16.4. The Labute approximate surface area is 107 Å². The molecule has 0 amide bonds. The van der Waals surface area contributed by atoms with Gasteiger partial charge >= 0.3 is 11.9 Å². The number of hydrogen-bond acceptors (Lipinski definition) is 4. The lowest BCUT2D eigenvalue weighted by Gasteiger charge is -2.13. The molecule has 0 saturated carbocycles. The average Bonchev–Trinajstić information content (AvgIpc) is 2.87. The summed E-state index contributed by atoms with van der Waals surface area (Å²) in [5.41, 5.74) is 0. The number of likely N-dealkylation sites (N-methyl/N-ethyl adjacent to an activating group) is 2. The minimum absolute atomic E-state index is 0.218. The van der Waals surface area contributed by atoms with Crippen LogP contribution in [0.15, 0.2) is 0 Å². The van der Waals surface area contributed by atoms with E-state index in [-0.39, 0.29) is 12.1 Å². The van der Waals surface area contributed by atoms with Crippen LogP contribution in [0.1, 0.15) is 25.7 Å².